The predicted molar refractivity (Wildman–Crippen MR) is 114 cm³/mol. The largest absolute Gasteiger partial charge is 0.270 e. The lowest BCUT2D eigenvalue weighted by atomic mass is 10.1. The Balaban J connectivity index is 1.64. The minimum Gasteiger partial charge on any atom is -0.270 e. The second kappa shape index (κ2) is 6.62. The second-order valence-corrected chi connectivity index (χ2v) is 7.69. The van der Waals surface area contributed by atoms with Crippen LogP contribution in [0.5, 0.6) is 0 Å². The lowest BCUT2D eigenvalue weighted by molar-refractivity contribution is 0.0643. The molecular weight excluding hydrogens is 376 g/mol. The molecule has 30 heavy (non-hydrogen) atoms. The molecule has 0 N–H and O–H groups in total. The molecule has 4 aromatic rings. The highest BCUT2D eigenvalue weighted by Gasteiger charge is 2.39. The van der Waals surface area contributed by atoms with E-state index in [1.165, 1.54) is 16.7 Å². The van der Waals surface area contributed by atoms with Gasteiger partial charge in [0.25, 0.3) is 11.8 Å². The summed E-state index contributed by atoms with van der Waals surface area (Å²) < 4.78 is 1.75. The van der Waals surface area contributed by atoms with Crippen LogP contribution in [0.4, 0.5) is 0 Å². The molecule has 0 saturated heterocycles. The van der Waals surface area contributed by atoms with Crippen LogP contribution in [0.2, 0.25) is 0 Å². The zero-order valence-corrected chi connectivity index (χ0v) is 17.0. The van der Waals surface area contributed by atoms with E-state index in [-0.39, 0.29) is 18.4 Å². The van der Waals surface area contributed by atoms with E-state index in [0.29, 0.717) is 27.9 Å². The van der Waals surface area contributed by atoms with Gasteiger partial charge in [-0.1, -0.05) is 36.4 Å². The average molecular weight is 396 g/mol. The number of carbonyl (C=O) groups is 2. The summed E-state index contributed by atoms with van der Waals surface area (Å²) in [5.74, 6) is -0.611. The second-order valence-electron chi connectivity index (χ2n) is 7.69. The highest BCUT2D eigenvalue weighted by Crippen LogP contribution is 2.33. The van der Waals surface area contributed by atoms with Gasteiger partial charge in [0.2, 0.25) is 0 Å². The summed E-state index contributed by atoms with van der Waals surface area (Å²) in [5.41, 5.74) is 6.11. The molecule has 2 aromatic heterocycles. The molecule has 5 rings (SSSR count). The van der Waals surface area contributed by atoms with Gasteiger partial charge in [0.1, 0.15) is 0 Å². The van der Waals surface area contributed by atoms with Crippen molar-refractivity contribution in [2.45, 2.75) is 27.3 Å². The quantitative estimate of drug-likeness (QED) is 0.488. The summed E-state index contributed by atoms with van der Waals surface area (Å²) in [6.45, 7) is 6.19. The van der Waals surface area contributed by atoms with Crippen molar-refractivity contribution < 1.29 is 9.59 Å². The maximum atomic E-state index is 13.3. The summed E-state index contributed by atoms with van der Waals surface area (Å²) in [6.07, 6.45) is 1.50. The molecule has 2 aromatic carbocycles. The number of rotatable bonds is 3. The van der Waals surface area contributed by atoms with Crippen molar-refractivity contribution in [2.24, 2.45) is 0 Å². The Kier molecular flexibility index (Phi) is 4.03. The number of nitrogens with zero attached hydrogens (tertiary/aromatic N) is 4. The Morgan fingerprint density at radius 3 is 2.40 bits per heavy atom. The van der Waals surface area contributed by atoms with Crippen LogP contribution in [0.25, 0.3) is 16.7 Å². The molecule has 1 aliphatic heterocycles. The van der Waals surface area contributed by atoms with Crippen LogP contribution >= 0.6 is 0 Å². The summed E-state index contributed by atoms with van der Waals surface area (Å²) in [5, 5.41) is 5.29. The van der Waals surface area contributed by atoms with Gasteiger partial charge in [0.15, 0.2) is 5.65 Å². The fourth-order valence-electron chi connectivity index (χ4n) is 3.96. The Labute approximate surface area is 173 Å². The molecule has 1 aliphatic rings. The smallest absolute Gasteiger partial charge is 0.263 e. The van der Waals surface area contributed by atoms with Crippen molar-refractivity contribution >= 4 is 22.8 Å². The van der Waals surface area contributed by atoms with E-state index in [0.717, 1.165) is 16.8 Å². The van der Waals surface area contributed by atoms with E-state index < -0.39 is 0 Å². The third kappa shape index (κ3) is 2.64. The van der Waals surface area contributed by atoms with Crippen LogP contribution < -0.4 is 0 Å². The van der Waals surface area contributed by atoms with Gasteiger partial charge < -0.3 is 0 Å². The van der Waals surface area contributed by atoms with Crippen LogP contribution in [0.15, 0.2) is 54.7 Å². The van der Waals surface area contributed by atoms with Crippen LogP contribution in [0, 0.1) is 20.8 Å². The van der Waals surface area contributed by atoms with Crippen LogP contribution in [-0.2, 0) is 6.54 Å². The molecule has 6 nitrogen and oxygen atoms in total. The number of aromatic nitrogens is 3. The molecule has 0 spiro atoms. The minimum atomic E-state index is -0.313. The van der Waals surface area contributed by atoms with Crippen molar-refractivity contribution in [3.05, 3.63) is 88.2 Å². The predicted octanol–water partition coefficient (Wildman–Crippen LogP) is 4.14. The number of fused-ring (bicyclic) bond motifs is 3. The number of hydrogen-bond acceptors (Lipinski definition) is 4. The van der Waals surface area contributed by atoms with Crippen LogP contribution in [0.3, 0.4) is 0 Å². The van der Waals surface area contributed by atoms with Gasteiger partial charge in [0, 0.05) is 6.20 Å². The van der Waals surface area contributed by atoms with Gasteiger partial charge in [-0.25, -0.2) is 9.67 Å². The lowest BCUT2D eigenvalue weighted by Gasteiger charge is -2.13. The van der Waals surface area contributed by atoms with Crippen molar-refractivity contribution in [3.8, 4) is 5.69 Å². The molecule has 0 unspecified atom stereocenters. The van der Waals surface area contributed by atoms with E-state index in [1.807, 2.05) is 62.4 Å². The van der Waals surface area contributed by atoms with Gasteiger partial charge in [-0.15, -0.1) is 0 Å². The maximum absolute atomic E-state index is 13.3. The zero-order valence-electron chi connectivity index (χ0n) is 17.0. The lowest BCUT2D eigenvalue weighted by Crippen LogP contribution is -2.29. The van der Waals surface area contributed by atoms with Gasteiger partial charge in [0.05, 0.1) is 34.4 Å². The number of pyridine rings is 1. The molecule has 0 atom stereocenters. The molecule has 6 heteroatoms. The molecular formula is C24H20N4O2. The number of benzene rings is 2. The molecule has 0 bridgehead atoms. The molecule has 148 valence electrons. The zero-order chi connectivity index (χ0) is 21.0. The molecule has 0 fully saturated rings. The number of hydrogen-bond donors (Lipinski definition) is 0. The summed E-state index contributed by atoms with van der Waals surface area (Å²) in [6, 6.07) is 15.6. The molecule has 0 aliphatic carbocycles. The number of imide groups is 1. The van der Waals surface area contributed by atoms with Crippen molar-refractivity contribution in [1.82, 2.24) is 19.7 Å². The van der Waals surface area contributed by atoms with E-state index >= 15 is 0 Å². The molecule has 2 amide bonds. The average Bonchev–Trinajstić information content (AvgIpc) is 3.20. The molecule has 3 heterocycles. The van der Waals surface area contributed by atoms with Gasteiger partial charge >= 0.3 is 0 Å². The Morgan fingerprint density at radius 1 is 0.900 bits per heavy atom. The minimum absolute atomic E-state index is 0.235. The SMILES string of the molecule is Cc1ccc(-n2nc(C)c3c4c(cnc32)C(=O)N(Cc2ccccc2)C4=O)cc1C. The Morgan fingerprint density at radius 2 is 1.67 bits per heavy atom. The molecule has 0 saturated carbocycles. The van der Waals surface area contributed by atoms with Gasteiger partial charge in [-0.05, 0) is 49.6 Å². The van der Waals surface area contributed by atoms with Crippen LogP contribution in [0.1, 0.15) is 43.1 Å². The van der Waals surface area contributed by atoms with E-state index in [1.54, 1.807) is 4.68 Å². The summed E-state index contributed by atoms with van der Waals surface area (Å²) in [7, 11) is 0. The van der Waals surface area contributed by atoms with Crippen molar-refractivity contribution in [1.29, 1.82) is 0 Å². The standard InChI is InChI=1S/C24H20N4O2/c1-14-9-10-18(11-15(14)2)28-22-20(16(3)26-28)21-19(12-25-22)23(29)27(24(21)30)13-17-7-5-4-6-8-17/h4-12H,13H2,1-3H3. The highest BCUT2D eigenvalue weighted by molar-refractivity contribution is 6.26. The summed E-state index contributed by atoms with van der Waals surface area (Å²) in [4.78, 5) is 32.0. The summed E-state index contributed by atoms with van der Waals surface area (Å²) >= 11 is 0. The van der Waals surface area contributed by atoms with E-state index in [2.05, 4.69) is 17.0 Å². The van der Waals surface area contributed by atoms with E-state index in [9.17, 15) is 9.59 Å². The van der Waals surface area contributed by atoms with Crippen molar-refractivity contribution in [2.75, 3.05) is 0 Å². The topological polar surface area (TPSA) is 68.1 Å². The molecule has 0 radical (unpaired) electrons. The number of amides is 2. The third-order valence-electron chi connectivity index (χ3n) is 5.72. The normalized spacial score (nSPS) is 13.4. The van der Waals surface area contributed by atoms with Crippen molar-refractivity contribution in [3.63, 3.8) is 0 Å². The number of carbonyl (C=O) groups excluding carboxylic acids is 2. The first-order valence-electron chi connectivity index (χ1n) is 9.82. The van der Waals surface area contributed by atoms with Gasteiger partial charge in [-0.3, -0.25) is 14.5 Å². The monoisotopic (exact) mass is 396 g/mol. The third-order valence-corrected chi connectivity index (χ3v) is 5.72. The Hall–Kier alpha value is -3.80. The number of aryl methyl sites for hydroxylation is 3. The van der Waals surface area contributed by atoms with Gasteiger partial charge in [-0.2, -0.15) is 5.10 Å². The first kappa shape index (κ1) is 18.2. The maximum Gasteiger partial charge on any atom is 0.263 e. The fourth-order valence-corrected chi connectivity index (χ4v) is 3.96. The fraction of sp³-hybridized carbons (Fsp3) is 0.167. The van der Waals surface area contributed by atoms with Crippen LogP contribution in [-0.4, -0.2) is 31.5 Å². The first-order chi connectivity index (χ1) is 14.5. The van der Waals surface area contributed by atoms with E-state index in [4.69, 9.17) is 0 Å². The highest BCUT2D eigenvalue weighted by atomic mass is 16.2. The first-order valence-corrected chi connectivity index (χ1v) is 9.82. The Bertz CT molecular complexity index is 1340.